The van der Waals surface area contributed by atoms with Crippen molar-refractivity contribution in [1.82, 2.24) is 10.7 Å². The summed E-state index contributed by atoms with van der Waals surface area (Å²) < 4.78 is 0. The summed E-state index contributed by atoms with van der Waals surface area (Å²) in [6.07, 6.45) is 11.6. The number of amides is 2. The van der Waals surface area contributed by atoms with Crippen LogP contribution in [0.15, 0.2) is 0 Å². The average Bonchev–Trinajstić information content (AvgIpc) is 2.31. The van der Waals surface area contributed by atoms with Gasteiger partial charge in [-0.05, 0) is 6.42 Å². The monoisotopic (exact) mass is 229 g/mol. The molecule has 0 fully saturated rings. The minimum absolute atomic E-state index is 0.292. The van der Waals surface area contributed by atoms with Gasteiger partial charge in [0.1, 0.15) is 0 Å². The van der Waals surface area contributed by atoms with Crippen LogP contribution in [0.25, 0.3) is 0 Å². The molecule has 0 aromatic rings. The molecule has 0 saturated carbocycles. The van der Waals surface area contributed by atoms with Crippen molar-refractivity contribution in [1.29, 1.82) is 0 Å². The first-order valence-corrected chi connectivity index (χ1v) is 6.55. The third-order valence-corrected chi connectivity index (χ3v) is 2.70. The fourth-order valence-corrected chi connectivity index (χ4v) is 1.69. The normalized spacial score (nSPS) is 10.1. The molecule has 0 bridgehead atoms. The van der Waals surface area contributed by atoms with Gasteiger partial charge in [-0.25, -0.2) is 10.6 Å². The Kier molecular flexibility index (Phi) is 11.7. The lowest BCUT2D eigenvalue weighted by Gasteiger charge is -2.04. The van der Waals surface area contributed by atoms with Gasteiger partial charge in [0.15, 0.2) is 0 Å². The maximum atomic E-state index is 10.7. The van der Waals surface area contributed by atoms with Gasteiger partial charge in [-0.2, -0.15) is 0 Å². The van der Waals surface area contributed by atoms with Gasteiger partial charge in [-0.1, -0.05) is 58.3 Å². The molecule has 0 aliphatic heterocycles. The van der Waals surface area contributed by atoms with Crippen molar-refractivity contribution in [3.8, 4) is 0 Å². The highest BCUT2D eigenvalue weighted by Crippen LogP contribution is 2.08. The molecule has 0 spiro atoms. The Morgan fingerprint density at radius 2 is 1.44 bits per heavy atom. The summed E-state index contributed by atoms with van der Waals surface area (Å²) in [5.41, 5.74) is 2.05. The molecule has 4 N–H and O–H groups in total. The van der Waals surface area contributed by atoms with E-state index in [0.717, 1.165) is 13.0 Å². The molecule has 96 valence electrons. The molecule has 4 nitrogen and oxygen atoms in total. The number of rotatable bonds is 10. The van der Waals surface area contributed by atoms with Crippen molar-refractivity contribution in [3.05, 3.63) is 0 Å². The second-order valence-corrected chi connectivity index (χ2v) is 4.23. The lowest BCUT2D eigenvalue weighted by atomic mass is 10.1. The highest BCUT2D eigenvalue weighted by molar-refractivity contribution is 5.72. The summed E-state index contributed by atoms with van der Waals surface area (Å²) in [7, 11) is 0. The smallest absolute Gasteiger partial charge is 0.328 e. The molecule has 0 aromatic heterocycles. The summed E-state index contributed by atoms with van der Waals surface area (Å²) in [6.45, 7) is 2.96. The molecule has 0 rings (SSSR count). The van der Waals surface area contributed by atoms with Crippen molar-refractivity contribution in [3.63, 3.8) is 0 Å². The minimum atomic E-state index is -0.292. The van der Waals surface area contributed by atoms with E-state index in [0.29, 0.717) is 0 Å². The highest BCUT2D eigenvalue weighted by Gasteiger charge is 1.95. The predicted molar refractivity (Wildman–Crippen MR) is 67.9 cm³/mol. The van der Waals surface area contributed by atoms with Gasteiger partial charge < -0.3 is 5.32 Å². The van der Waals surface area contributed by atoms with E-state index in [1.54, 1.807) is 0 Å². The van der Waals surface area contributed by atoms with Crippen LogP contribution in [0.2, 0.25) is 0 Å². The van der Waals surface area contributed by atoms with Crippen molar-refractivity contribution in [2.75, 3.05) is 6.54 Å². The van der Waals surface area contributed by atoms with Crippen LogP contribution in [0.5, 0.6) is 0 Å². The van der Waals surface area contributed by atoms with Crippen LogP contribution >= 0.6 is 0 Å². The van der Waals surface area contributed by atoms with Crippen LogP contribution < -0.4 is 16.6 Å². The Balaban J connectivity index is 2.96. The molecular formula is C12H27N3O. The average molecular weight is 229 g/mol. The molecule has 0 unspecified atom stereocenters. The van der Waals surface area contributed by atoms with Gasteiger partial charge in [0.05, 0.1) is 0 Å². The first kappa shape index (κ1) is 15.2. The quantitative estimate of drug-likeness (QED) is 0.233. The molecule has 0 radical (unpaired) electrons. The Morgan fingerprint density at radius 1 is 0.938 bits per heavy atom. The van der Waals surface area contributed by atoms with Crippen LogP contribution in [0, 0.1) is 0 Å². The second-order valence-electron chi connectivity index (χ2n) is 4.23. The van der Waals surface area contributed by atoms with Crippen molar-refractivity contribution < 1.29 is 4.79 Å². The minimum Gasteiger partial charge on any atom is -0.337 e. The van der Waals surface area contributed by atoms with Crippen molar-refractivity contribution >= 4 is 6.03 Å². The van der Waals surface area contributed by atoms with Crippen LogP contribution in [-0.4, -0.2) is 12.6 Å². The third-order valence-electron chi connectivity index (χ3n) is 2.70. The zero-order valence-corrected chi connectivity index (χ0v) is 10.6. The topological polar surface area (TPSA) is 67.2 Å². The molecule has 0 heterocycles. The van der Waals surface area contributed by atoms with Crippen LogP contribution in [0.3, 0.4) is 0 Å². The Hall–Kier alpha value is -0.770. The van der Waals surface area contributed by atoms with E-state index in [2.05, 4.69) is 12.2 Å². The fraction of sp³-hybridized carbons (Fsp3) is 0.917. The number of nitrogens with one attached hydrogen (secondary N) is 2. The van der Waals surface area contributed by atoms with Crippen LogP contribution in [-0.2, 0) is 0 Å². The molecule has 0 aliphatic carbocycles. The van der Waals surface area contributed by atoms with E-state index in [4.69, 9.17) is 5.84 Å². The molecule has 4 heteroatoms. The Bertz CT molecular complexity index is 162. The lowest BCUT2D eigenvalue weighted by Crippen LogP contribution is -2.40. The van der Waals surface area contributed by atoms with Crippen molar-refractivity contribution in [2.45, 2.75) is 64.7 Å². The summed E-state index contributed by atoms with van der Waals surface area (Å²) in [5.74, 6) is 4.93. The first-order chi connectivity index (χ1) is 7.81. The summed E-state index contributed by atoms with van der Waals surface area (Å²) in [4.78, 5) is 10.7. The number of hydrogen-bond donors (Lipinski definition) is 3. The zero-order valence-electron chi connectivity index (χ0n) is 10.6. The molecule has 16 heavy (non-hydrogen) atoms. The van der Waals surface area contributed by atoms with E-state index in [1.807, 2.05) is 5.43 Å². The molecule has 0 aliphatic rings. The fourth-order valence-electron chi connectivity index (χ4n) is 1.69. The number of hydrogen-bond acceptors (Lipinski definition) is 2. The number of nitrogens with two attached hydrogens (primary N) is 1. The van der Waals surface area contributed by atoms with Gasteiger partial charge in [0.2, 0.25) is 0 Å². The number of hydrazine groups is 1. The standard InChI is InChI=1S/C12H27N3O/c1-2-3-4-5-6-7-8-9-10-11-14-12(16)15-13/h2-11,13H2,1H3,(H2,14,15,16). The van der Waals surface area contributed by atoms with E-state index in [9.17, 15) is 4.79 Å². The molecule has 0 aromatic carbocycles. The molecule has 0 atom stereocenters. The molecule has 2 amide bonds. The molecular weight excluding hydrogens is 202 g/mol. The van der Waals surface area contributed by atoms with Gasteiger partial charge in [-0.3, -0.25) is 5.43 Å². The summed E-state index contributed by atoms with van der Waals surface area (Å²) >= 11 is 0. The zero-order chi connectivity index (χ0) is 12.1. The van der Waals surface area contributed by atoms with E-state index < -0.39 is 0 Å². The van der Waals surface area contributed by atoms with E-state index in [1.165, 1.54) is 51.4 Å². The Morgan fingerprint density at radius 3 is 1.94 bits per heavy atom. The number of carbonyl (C=O) groups excluding carboxylic acids is 1. The second kappa shape index (κ2) is 12.3. The van der Waals surface area contributed by atoms with Crippen LogP contribution in [0.4, 0.5) is 4.79 Å². The largest absolute Gasteiger partial charge is 0.337 e. The van der Waals surface area contributed by atoms with Gasteiger partial charge in [-0.15, -0.1) is 0 Å². The lowest BCUT2D eigenvalue weighted by molar-refractivity contribution is 0.241. The summed E-state index contributed by atoms with van der Waals surface area (Å²) in [6, 6.07) is -0.292. The summed E-state index contributed by atoms with van der Waals surface area (Å²) in [5, 5.41) is 2.68. The van der Waals surface area contributed by atoms with Crippen LogP contribution in [0.1, 0.15) is 64.7 Å². The van der Waals surface area contributed by atoms with Gasteiger partial charge in [0.25, 0.3) is 0 Å². The van der Waals surface area contributed by atoms with Crippen molar-refractivity contribution in [2.24, 2.45) is 5.84 Å². The maximum Gasteiger partial charge on any atom is 0.328 e. The van der Waals surface area contributed by atoms with Gasteiger partial charge >= 0.3 is 6.03 Å². The number of unbranched alkanes of at least 4 members (excludes halogenated alkanes) is 8. The van der Waals surface area contributed by atoms with Gasteiger partial charge in [0, 0.05) is 6.54 Å². The predicted octanol–water partition coefficient (Wildman–Crippen LogP) is 2.69. The molecule has 0 saturated heterocycles. The third kappa shape index (κ3) is 11.3. The maximum absolute atomic E-state index is 10.7. The first-order valence-electron chi connectivity index (χ1n) is 6.55. The highest BCUT2D eigenvalue weighted by atomic mass is 16.2. The SMILES string of the molecule is CCCCCCCCCCCNC(=O)NN. The van der Waals surface area contributed by atoms with E-state index >= 15 is 0 Å². The number of carbonyl (C=O) groups is 1. The van der Waals surface area contributed by atoms with E-state index in [-0.39, 0.29) is 6.03 Å². The number of urea groups is 1. The Labute approximate surface area is 99.3 Å².